The molecule has 0 bridgehead atoms. The molecule has 2 aromatic carbocycles. The number of fused-ring (bicyclic) bond motifs is 1. The van der Waals surface area contributed by atoms with Gasteiger partial charge in [0.25, 0.3) is 0 Å². The largest absolute Gasteiger partial charge is 0.399 e. The molecule has 0 aliphatic carbocycles. The Kier molecular flexibility index (Phi) is 3.69. The van der Waals surface area contributed by atoms with E-state index in [0.29, 0.717) is 21.1 Å². The van der Waals surface area contributed by atoms with Crippen molar-refractivity contribution in [2.24, 2.45) is 0 Å². The molecule has 0 aliphatic rings. The van der Waals surface area contributed by atoms with Crippen LogP contribution in [-0.4, -0.2) is 9.19 Å². The monoisotopic (exact) mass is 324 g/mol. The summed E-state index contributed by atoms with van der Waals surface area (Å²) in [4.78, 5) is 4.27. The summed E-state index contributed by atoms with van der Waals surface area (Å²) in [5, 5.41) is 0. The van der Waals surface area contributed by atoms with Gasteiger partial charge in [-0.2, -0.15) is 0 Å². The highest BCUT2D eigenvalue weighted by atomic mass is 32.2. The number of rotatable bonds is 3. The second-order valence-corrected chi connectivity index (χ2v) is 7.13. The number of anilines is 1. The van der Waals surface area contributed by atoms with Crippen LogP contribution in [0, 0.1) is 11.6 Å². The molecule has 0 fully saturated rings. The number of aromatic nitrogens is 1. The molecule has 1 heterocycles. The minimum absolute atomic E-state index is 0.0178. The van der Waals surface area contributed by atoms with Crippen molar-refractivity contribution in [2.45, 2.75) is 10.1 Å². The first-order chi connectivity index (χ1) is 10.0. The Morgan fingerprint density at radius 2 is 1.86 bits per heavy atom. The Labute approximate surface area is 125 Å². The third-order valence-electron chi connectivity index (χ3n) is 2.81. The van der Waals surface area contributed by atoms with Crippen molar-refractivity contribution in [1.29, 1.82) is 0 Å². The van der Waals surface area contributed by atoms with Gasteiger partial charge >= 0.3 is 0 Å². The third-order valence-corrected chi connectivity index (χ3v) is 5.50. The van der Waals surface area contributed by atoms with Crippen molar-refractivity contribution in [2.75, 3.05) is 5.73 Å². The molecule has 0 aliphatic heterocycles. The fraction of sp³-hybridized carbons (Fsp3) is 0.0714. The zero-order chi connectivity index (χ0) is 15.0. The first kappa shape index (κ1) is 14.1. The average molecular weight is 324 g/mol. The summed E-state index contributed by atoms with van der Waals surface area (Å²) in [6.45, 7) is 0. The predicted molar refractivity (Wildman–Crippen MR) is 80.5 cm³/mol. The van der Waals surface area contributed by atoms with E-state index in [1.807, 2.05) is 0 Å². The molecular formula is C14H10F2N2OS2. The average Bonchev–Trinajstić information content (AvgIpc) is 2.80. The van der Waals surface area contributed by atoms with Gasteiger partial charge in [0.05, 0.1) is 26.8 Å². The molecule has 0 saturated heterocycles. The molecule has 0 radical (unpaired) electrons. The van der Waals surface area contributed by atoms with Crippen molar-refractivity contribution < 1.29 is 13.0 Å². The van der Waals surface area contributed by atoms with Gasteiger partial charge in [0.15, 0.2) is 4.34 Å². The van der Waals surface area contributed by atoms with Crippen LogP contribution in [0.4, 0.5) is 14.5 Å². The van der Waals surface area contributed by atoms with E-state index in [4.69, 9.17) is 5.73 Å². The summed E-state index contributed by atoms with van der Waals surface area (Å²) in [5.41, 5.74) is 7.34. The Bertz CT molecular complexity index is 828. The van der Waals surface area contributed by atoms with E-state index in [2.05, 4.69) is 4.98 Å². The molecule has 108 valence electrons. The van der Waals surface area contributed by atoms with Crippen LogP contribution < -0.4 is 5.73 Å². The number of thiazole rings is 1. The highest BCUT2D eigenvalue weighted by Crippen LogP contribution is 2.27. The first-order valence-electron chi connectivity index (χ1n) is 6.01. The number of hydrogen-bond acceptors (Lipinski definition) is 4. The summed E-state index contributed by atoms with van der Waals surface area (Å²) >= 11 is 1.27. The van der Waals surface area contributed by atoms with E-state index < -0.39 is 22.4 Å². The molecule has 0 spiro atoms. The minimum Gasteiger partial charge on any atom is -0.399 e. The minimum atomic E-state index is -1.46. The maximum atomic E-state index is 13.1. The zero-order valence-corrected chi connectivity index (χ0v) is 12.3. The molecule has 0 amide bonds. The lowest BCUT2D eigenvalue weighted by molar-refractivity contribution is 0.581. The van der Waals surface area contributed by atoms with Crippen LogP contribution in [0.1, 0.15) is 5.56 Å². The molecule has 3 nitrogen and oxygen atoms in total. The third kappa shape index (κ3) is 3.08. The fourth-order valence-corrected chi connectivity index (χ4v) is 4.28. The molecule has 1 atom stereocenters. The maximum absolute atomic E-state index is 13.1. The molecular weight excluding hydrogens is 314 g/mol. The standard InChI is InChI=1S/C14H10F2N2OS2/c15-9-3-8(4-10(16)5-9)7-21(19)14-18-12-2-1-11(17)6-13(12)20-14/h1-6H,7,17H2. The van der Waals surface area contributed by atoms with Gasteiger partial charge in [-0.05, 0) is 35.9 Å². The highest BCUT2D eigenvalue weighted by molar-refractivity contribution is 7.86. The van der Waals surface area contributed by atoms with Gasteiger partial charge in [-0.1, -0.05) is 0 Å². The van der Waals surface area contributed by atoms with Gasteiger partial charge in [0.2, 0.25) is 0 Å². The van der Waals surface area contributed by atoms with Crippen LogP contribution in [0.5, 0.6) is 0 Å². The van der Waals surface area contributed by atoms with E-state index in [1.165, 1.54) is 23.5 Å². The van der Waals surface area contributed by atoms with Crippen LogP contribution in [0.2, 0.25) is 0 Å². The van der Waals surface area contributed by atoms with E-state index in [-0.39, 0.29) is 5.75 Å². The Morgan fingerprint density at radius 3 is 2.57 bits per heavy atom. The summed E-state index contributed by atoms with van der Waals surface area (Å²) in [6, 6.07) is 8.36. The zero-order valence-electron chi connectivity index (χ0n) is 10.7. The highest BCUT2D eigenvalue weighted by Gasteiger charge is 2.13. The maximum Gasteiger partial charge on any atom is 0.182 e. The van der Waals surface area contributed by atoms with Crippen molar-refractivity contribution in [1.82, 2.24) is 4.98 Å². The van der Waals surface area contributed by atoms with Crippen molar-refractivity contribution in [3.05, 3.63) is 53.6 Å². The van der Waals surface area contributed by atoms with Crippen LogP contribution in [-0.2, 0) is 16.6 Å². The van der Waals surface area contributed by atoms with Gasteiger partial charge in [0, 0.05) is 11.8 Å². The second kappa shape index (κ2) is 5.50. The molecule has 3 rings (SSSR count). The second-order valence-electron chi connectivity index (χ2n) is 4.47. The Hall–Kier alpha value is -1.86. The van der Waals surface area contributed by atoms with Crippen molar-refractivity contribution in [3.8, 4) is 0 Å². The molecule has 0 saturated carbocycles. The molecule has 1 unspecified atom stereocenters. The molecule has 1 aromatic heterocycles. The topological polar surface area (TPSA) is 56.0 Å². The van der Waals surface area contributed by atoms with E-state index >= 15 is 0 Å². The molecule has 21 heavy (non-hydrogen) atoms. The summed E-state index contributed by atoms with van der Waals surface area (Å²) in [6.07, 6.45) is 0. The molecule has 2 N–H and O–H groups in total. The number of nitrogens with two attached hydrogens (primary N) is 1. The fourth-order valence-electron chi connectivity index (χ4n) is 1.92. The van der Waals surface area contributed by atoms with Gasteiger partial charge < -0.3 is 5.73 Å². The molecule has 3 aromatic rings. The first-order valence-corrected chi connectivity index (χ1v) is 8.14. The van der Waals surface area contributed by atoms with Crippen molar-refractivity contribution >= 4 is 38.0 Å². The van der Waals surface area contributed by atoms with Crippen molar-refractivity contribution in [3.63, 3.8) is 0 Å². The van der Waals surface area contributed by atoms with E-state index in [1.54, 1.807) is 18.2 Å². The quantitative estimate of drug-likeness (QED) is 0.751. The molecule has 7 heteroatoms. The predicted octanol–water partition coefficient (Wildman–Crippen LogP) is 3.46. The number of halogens is 2. The lowest BCUT2D eigenvalue weighted by atomic mass is 10.2. The lowest BCUT2D eigenvalue weighted by Gasteiger charge is -2.00. The smallest absolute Gasteiger partial charge is 0.182 e. The SMILES string of the molecule is Nc1ccc2nc(S(=O)Cc3cc(F)cc(F)c3)sc2c1. The van der Waals surface area contributed by atoms with Crippen LogP contribution >= 0.6 is 11.3 Å². The van der Waals surface area contributed by atoms with Crippen LogP contribution in [0.25, 0.3) is 10.2 Å². The van der Waals surface area contributed by atoms with Gasteiger partial charge in [0.1, 0.15) is 11.6 Å². The number of nitrogen functional groups attached to an aromatic ring is 1. The van der Waals surface area contributed by atoms with Crippen LogP contribution in [0.3, 0.4) is 0 Å². The normalized spacial score (nSPS) is 12.7. The lowest BCUT2D eigenvalue weighted by Crippen LogP contribution is -1.97. The summed E-state index contributed by atoms with van der Waals surface area (Å²) in [5.74, 6) is -1.34. The van der Waals surface area contributed by atoms with E-state index in [9.17, 15) is 13.0 Å². The number of nitrogens with zero attached hydrogens (tertiary/aromatic N) is 1. The number of benzene rings is 2. The Balaban J connectivity index is 1.89. The Morgan fingerprint density at radius 1 is 1.14 bits per heavy atom. The van der Waals surface area contributed by atoms with Gasteiger partial charge in [-0.25, -0.2) is 13.8 Å². The van der Waals surface area contributed by atoms with E-state index in [0.717, 1.165) is 10.8 Å². The summed E-state index contributed by atoms with van der Waals surface area (Å²) < 4.78 is 39.8. The van der Waals surface area contributed by atoms with Crippen LogP contribution in [0.15, 0.2) is 40.7 Å². The summed E-state index contributed by atoms with van der Waals surface area (Å²) in [7, 11) is -1.46. The van der Waals surface area contributed by atoms with Gasteiger partial charge in [-0.15, -0.1) is 11.3 Å². The number of hydrogen-bond donors (Lipinski definition) is 1. The van der Waals surface area contributed by atoms with Gasteiger partial charge in [-0.3, -0.25) is 4.21 Å².